The van der Waals surface area contributed by atoms with Crippen LogP contribution in [0, 0.1) is 0 Å². The Bertz CT molecular complexity index is 920. The highest BCUT2D eigenvalue weighted by Crippen LogP contribution is 2.33. The van der Waals surface area contributed by atoms with Crippen LogP contribution in [0.15, 0.2) is 34.4 Å². The predicted molar refractivity (Wildman–Crippen MR) is 78.3 cm³/mol. The second-order valence-electron chi connectivity index (χ2n) is 4.21. The van der Waals surface area contributed by atoms with E-state index in [4.69, 9.17) is 5.11 Å². The van der Waals surface area contributed by atoms with Gasteiger partial charge < -0.3 is 15.2 Å². The van der Waals surface area contributed by atoms with Crippen molar-refractivity contribution in [2.24, 2.45) is 0 Å². The summed E-state index contributed by atoms with van der Waals surface area (Å²) in [6.07, 6.45) is 2.28. The number of phenolic OH excluding ortho intramolecular Hbond substituents is 1. The number of pyridine rings is 1. The molecule has 3 N–H and O–H groups in total. The van der Waals surface area contributed by atoms with Crippen LogP contribution in [0.2, 0.25) is 0 Å². The Kier molecular flexibility index (Phi) is 2.80. The number of benzene rings is 1. The molecule has 0 unspecified atom stereocenters. The maximum atomic E-state index is 11.9. The molecule has 0 bridgehead atoms. The fourth-order valence-electron chi connectivity index (χ4n) is 2.19. The van der Waals surface area contributed by atoms with Gasteiger partial charge in [0.05, 0.1) is 0 Å². The number of carboxylic acid groups (broad SMARTS) is 1. The SMILES string of the molecule is O=C(O)/C=C/c1c(O)ccc2[nH]c(=O)c3sccc3c12. The van der Waals surface area contributed by atoms with Crippen molar-refractivity contribution in [2.75, 3.05) is 0 Å². The average Bonchev–Trinajstić information content (AvgIpc) is 2.88. The zero-order valence-electron chi connectivity index (χ0n) is 10.1. The molecule has 6 heteroatoms. The van der Waals surface area contributed by atoms with Gasteiger partial charge in [-0.15, -0.1) is 11.3 Å². The summed E-state index contributed by atoms with van der Waals surface area (Å²) in [5, 5.41) is 21.8. The molecule has 20 heavy (non-hydrogen) atoms. The number of phenols is 1. The lowest BCUT2D eigenvalue weighted by Gasteiger charge is -2.06. The van der Waals surface area contributed by atoms with E-state index in [1.54, 1.807) is 17.5 Å². The second-order valence-corrected chi connectivity index (χ2v) is 5.13. The van der Waals surface area contributed by atoms with Gasteiger partial charge in [0.25, 0.3) is 5.56 Å². The molecule has 0 aliphatic heterocycles. The lowest BCUT2D eigenvalue weighted by Crippen LogP contribution is -2.04. The van der Waals surface area contributed by atoms with Crippen molar-refractivity contribution in [3.63, 3.8) is 0 Å². The van der Waals surface area contributed by atoms with Crippen molar-refractivity contribution in [2.45, 2.75) is 0 Å². The number of hydrogen-bond donors (Lipinski definition) is 3. The number of hydrogen-bond acceptors (Lipinski definition) is 4. The molecule has 0 atom stereocenters. The molecule has 1 aromatic carbocycles. The first-order valence-corrected chi connectivity index (χ1v) is 6.62. The number of thiophene rings is 1. The van der Waals surface area contributed by atoms with E-state index in [1.807, 2.05) is 0 Å². The Labute approximate surface area is 116 Å². The molecule has 0 amide bonds. The number of fused-ring (bicyclic) bond motifs is 3. The first-order valence-electron chi connectivity index (χ1n) is 5.74. The number of rotatable bonds is 2. The molecule has 0 spiro atoms. The van der Waals surface area contributed by atoms with E-state index in [1.165, 1.54) is 23.5 Å². The van der Waals surface area contributed by atoms with Crippen molar-refractivity contribution in [1.29, 1.82) is 0 Å². The summed E-state index contributed by atoms with van der Waals surface area (Å²) in [5.74, 6) is -1.14. The molecular weight excluding hydrogens is 278 g/mol. The molecule has 2 aromatic heterocycles. The summed E-state index contributed by atoms with van der Waals surface area (Å²) in [4.78, 5) is 25.3. The highest BCUT2D eigenvalue weighted by molar-refractivity contribution is 7.17. The average molecular weight is 287 g/mol. The highest BCUT2D eigenvalue weighted by atomic mass is 32.1. The van der Waals surface area contributed by atoms with Crippen molar-refractivity contribution >= 4 is 44.4 Å². The summed E-state index contributed by atoms with van der Waals surface area (Å²) < 4.78 is 0.549. The van der Waals surface area contributed by atoms with Gasteiger partial charge in [0.2, 0.25) is 0 Å². The van der Waals surface area contributed by atoms with Crippen LogP contribution in [0.25, 0.3) is 27.1 Å². The number of aromatic hydroxyl groups is 1. The van der Waals surface area contributed by atoms with Crippen LogP contribution >= 0.6 is 11.3 Å². The number of H-pyrrole nitrogens is 1. The van der Waals surface area contributed by atoms with Gasteiger partial charge in [-0.05, 0) is 29.7 Å². The summed E-state index contributed by atoms with van der Waals surface area (Å²) in [6.45, 7) is 0. The molecule has 0 saturated carbocycles. The normalized spacial score (nSPS) is 11.6. The van der Waals surface area contributed by atoms with E-state index in [-0.39, 0.29) is 11.3 Å². The van der Waals surface area contributed by atoms with Gasteiger partial charge in [0, 0.05) is 27.9 Å². The van der Waals surface area contributed by atoms with E-state index in [0.717, 1.165) is 6.08 Å². The first kappa shape index (κ1) is 12.4. The molecule has 3 aromatic rings. The molecule has 0 aliphatic carbocycles. The largest absolute Gasteiger partial charge is 0.507 e. The van der Waals surface area contributed by atoms with E-state index in [0.29, 0.717) is 26.6 Å². The van der Waals surface area contributed by atoms with E-state index < -0.39 is 5.97 Å². The molecule has 3 rings (SSSR count). The second kappa shape index (κ2) is 4.50. The van der Waals surface area contributed by atoms with Gasteiger partial charge in [-0.1, -0.05) is 0 Å². The molecule has 0 radical (unpaired) electrons. The topological polar surface area (TPSA) is 90.4 Å². The smallest absolute Gasteiger partial charge is 0.328 e. The third-order valence-corrected chi connectivity index (χ3v) is 3.92. The number of carbonyl (C=O) groups is 1. The first-order chi connectivity index (χ1) is 9.58. The number of nitrogens with one attached hydrogen (secondary N) is 1. The van der Waals surface area contributed by atoms with E-state index >= 15 is 0 Å². The van der Waals surface area contributed by atoms with Crippen LogP contribution < -0.4 is 5.56 Å². The standard InChI is InChI=1S/C14H9NO4S/c16-10-3-2-9-12(7(10)1-4-11(17)18)8-5-6-20-13(8)14(19)15-9/h1-6,16H,(H,15,19)(H,17,18)/b4-1+. The Morgan fingerprint density at radius 3 is 2.85 bits per heavy atom. The number of carboxylic acids is 1. The van der Waals surface area contributed by atoms with Crippen molar-refractivity contribution < 1.29 is 15.0 Å². The summed E-state index contributed by atoms with van der Waals surface area (Å²) in [7, 11) is 0. The van der Waals surface area contributed by atoms with Gasteiger partial charge in [-0.25, -0.2) is 4.79 Å². The lowest BCUT2D eigenvalue weighted by atomic mass is 10.0. The van der Waals surface area contributed by atoms with Crippen molar-refractivity contribution in [3.05, 3.63) is 45.6 Å². The van der Waals surface area contributed by atoms with Gasteiger partial charge >= 0.3 is 5.97 Å². The molecule has 5 nitrogen and oxygen atoms in total. The van der Waals surface area contributed by atoms with E-state index in [2.05, 4.69) is 4.98 Å². The minimum Gasteiger partial charge on any atom is -0.507 e. The fourth-order valence-corrected chi connectivity index (χ4v) is 2.98. The van der Waals surface area contributed by atoms with Crippen LogP contribution in [0.3, 0.4) is 0 Å². The molecule has 0 fully saturated rings. The van der Waals surface area contributed by atoms with Gasteiger partial charge in [0.15, 0.2) is 0 Å². The molecule has 2 heterocycles. The molecule has 100 valence electrons. The number of aliphatic carboxylic acids is 1. The number of aromatic nitrogens is 1. The van der Waals surface area contributed by atoms with Crippen LogP contribution in [-0.4, -0.2) is 21.2 Å². The Morgan fingerprint density at radius 2 is 2.10 bits per heavy atom. The zero-order valence-corrected chi connectivity index (χ0v) is 10.9. The number of aromatic amines is 1. The van der Waals surface area contributed by atoms with Crippen LogP contribution in [-0.2, 0) is 4.79 Å². The quantitative estimate of drug-likeness (QED) is 0.632. The Morgan fingerprint density at radius 1 is 1.30 bits per heavy atom. The summed E-state index contributed by atoms with van der Waals surface area (Å²) in [6, 6.07) is 4.81. The Balaban J connectivity index is 2.49. The fraction of sp³-hybridized carbons (Fsp3) is 0. The molecule has 0 saturated heterocycles. The van der Waals surface area contributed by atoms with Gasteiger partial charge in [0.1, 0.15) is 10.4 Å². The maximum absolute atomic E-state index is 11.9. The van der Waals surface area contributed by atoms with Crippen LogP contribution in [0.4, 0.5) is 0 Å². The molecular formula is C14H9NO4S. The third-order valence-electron chi connectivity index (χ3n) is 3.00. The monoisotopic (exact) mass is 287 g/mol. The van der Waals surface area contributed by atoms with Gasteiger partial charge in [-0.3, -0.25) is 4.79 Å². The highest BCUT2D eigenvalue weighted by Gasteiger charge is 2.12. The minimum absolute atomic E-state index is 0.0328. The minimum atomic E-state index is -1.10. The predicted octanol–water partition coefficient (Wildman–Crippen LogP) is 2.55. The lowest BCUT2D eigenvalue weighted by molar-refractivity contribution is -0.131. The third kappa shape index (κ3) is 1.86. The molecule has 0 aliphatic rings. The van der Waals surface area contributed by atoms with Gasteiger partial charge in [-0.2, -0.15) is 0 Å². The van der Waals surface area contributed by atoms with Crippen molar-refractivity contribution in [1.82, 2.24) is 4.98 Å². The van der Waals surface area contributed by atoms with Crippen LogP contribution in [0.1, 0.15) is 5.56 Å². The van der Waals surface area contributed by atoms with E-state index in [9.17, 15) is 14.7 Å². The maximum Gasteiger partial charge on any atom is 0.328 e. The zero-order chi connectivity index (χ0) is 14.3. The summed E-state index contributed by atoms with van der Waals surface area (Å²) >= 11 is 1.30. The van der Waals surface area contributed by atoms with Crippen LogP contribution in [0.5, 0.6) is 5.75 Å². The summed E-state index contributed by atoms with van der Waals surface area (Å²) in [5.41, 5.74) is 0.745. The van der Waals surface area contributed by atoms with Crippen molar-refractivity contribution in [3.8, 4) is 5.75 Å². The Hall–Kier alpha value is -2.60.